The smallest absolute Gasteiger partial charge is 0.137 e. The normalized spacial score (nSPS) is 12.4. The van der Waals surface area contributed by atoms with Crippen molar-refractivity contribution < 1.29 is 4.39 Å². The van der Waals surface area contributed by atoms with E-state index in [0.717, 1.165) is 12.1 Å². The van der Waals surface area contributed by atoms with Crippen LogP contribution in [0.3, 0.4) is 0 Å². The van der Waals surface area contributed by atoms with Crippen molar-refractivity contribution in [3.63, 3.8) is 0 Å². The van der Waals surface area contributed by atoms with Crippen molar-refractivity contribution >= 4 is 27.7 Å². The minimum Gasteiger partial charge on any atom is -0.306 e. The molecule has 20 heavy (non-hydrogen) atoms. The van der Waals surface area contributed by atoms with Gasteiger partial charge in [0.05, 0.1) is 10.5 Å². The molecule has 0 fully saturated rings. The van der Waals surface area contributed by atoms with Gasteiger partial charge in [0.1, 0.15) is 5.82 Å². The Balaban J connectivity index is 2.47. The summed E-state index contributed by atoms with van der Waals surface area (Å²) in [6, 6.07) is 13.6. The van der Waals surface area contributed by atoms with E-state index in [1.54, 1.807) is 11.8 Å². The molecule has 0 aliphatic rings. The first-order chi connectivity index (χ1) is 9.67. The van der Waals surface area contributed by atoms with Crippen molar-refractivity contribution in [1.82, 2.24) is 5.32 Å². The molecule has 106 valence electrons. The number of hydrogen-bond donors (Lipinski definition) is 1. The highest BCUT2D eigenvalue weighted by Crippen LogP contribution is 2.31. The average Bonchev–Trinajstić information content (AvgIpc) is 2.48. The molecule has 0 saturated heterocycles. The lowest BCUT2D eigenvalue weighted by Gasteiger charge is -2.21. The summed E-state index contributed by atoms with van der Waals surface area (Å²) in [6.07, 6.45) is 2.07. The van der Waals surface area contributed by atoms with Crippen molar-refractivity contribution in [1.29, 1.82) is 0 Å². The van der Waals surface area contributed by atoms with Crippen molar-refractivity contribution in [2.24, 2.45) is 0 Å². The van der Waals surface area contributed by atoms with E-state index in [1.807, 2.05) is 24.3 Å². The zero-order chi connectivity index (χ0) is 14.5. The maximum absolute atomic E-state index is 13.4. The molecule has 0 radical (unpaired) electrons. The lowest BCUT2D eigenvalue weighted by Crippen LogP contribution is -2.22. The van der Waals surface area contributed by atoms with Crippen LogP contribution < -0.4 is 5.32 Å². The van der Waals surface area contributed by atoms with E-state index < -0.39 is 0 Å². The van der Waals surface area contributed by atoms with E-state index in [0.29, 0.717) is 4.47 Å². The summed E-state index contributed by atoms with van der Waals surface area (Å²) in [6.45, 7) is 2.93. The summed E-state index contributed by atoms with van der Waals surface area (Å²) >= 11 is 4.99. The summed E-state index contributed by atoms with van der Waals surface area (Å²) in [7, 11) is 0. The van der Waals surface area contributed by atoms with Crippen LogP contribution in [-0.2, 0) is 0 Å². The fourth-order valence-corrected chi connectivity index (χ4v) is 3.24. The van der Waals surface area contributed by atoms with Gasteiger partial charge in [-0.15, -0.1) is 11.8 Å². The average molecular weight is 354 g/mol. The minimum atomic E-state index is -0.234. The highest BCUT2D eigenvalue weighted by atomic mass is 79.9. The van der Waals surface area contributed by atoms with Gasteiger partial charge in [-0.2, -0.15) is 0 Å². The van der Waals surface area contributed by atoms with Gasteiger partial charge in [-0.05, 0) is 58.1 Å². The van der Waals surface area contributed by atoms with Gasteiger partial charge in [0, 0.05) is 4.90 Å². The number of halogens is 2. The summed E-state index contributed by atoms with van der Waals surface area (Å²) in [4.78, 5) is 1.24. The van der Waals surface area contributed by atoms with Crippen LogP contribution in [0.4, 0.5) is 4.39 Å². The van der Waals surface area contributed by atoms with Gasteiger partial charge < -0.3 is 5.32 Å². The van der Waals surface area contributed by atoms with Crippen LogP contribution in [0.25, 0.3) is 0 Å². The molecule has 4 heteroatoms. The van der Waals surface area contributed by atoms with Gasteiger partial charge in [0.15, 0.2) is 0 Å². The Labute approximate surface area is 132 Å². The summed E-state index contributed by atoms with van der Waals surface area (Å²) in [5, 5.41) is 3.48. The molecule has 0 heterocycles. The van der Waals surface area contributed by atoms with Crippen molar-refractivity contribution in [2.75, 3.05) is 12.8 Å². The molecule has 0 bridgehead atoms. The van der Waals surface area contributed by atoms with E-state index in [9.17, 15) is 4.39 Å². The second-order valence-electron chi connectivity index (χ2n) is 4.41. The van der Waals surface area contributed by atoms with Crippen molar-refractivity contribution in [3.05, 3.63) is 63.9 Å². The number of thioether (sulfide) groups is 1. The van der Waals surface area contributed by atoms with E-state index in [2.05, 4.69) is 46.6 Å². The summed E-state index contributed by atoms with van der Waals surface area (Å²) in [5.41, 5.74) is 2.28. The monoisotopic (exact) mass is 353 g/mol. The molecule has 1 nitrogen and oxygen atoms in total. The third-order valence-corrected chi connectivity index (χ3v) is 4.55. The molecular formula is C16H17BrFNS. The molecule has 2 aromatic rings. The number of hydrogen-bond acceptors (Lipinski definition) is 2. The molecule has 0 aliphatic carbocycles. The largest absolute Gasteiger partial charge is 0.306 e. The summed E-state index contributed by atoms with van der Waals surface area (Å²) < 4.78 is 13.9. The maximum atomic E-state index is 13.4. The third-order valence-electron chi connectivity index (χ3n) is 3.14. The highest BCUT2D eigenvalue weighted by Gasteiger charge is 2.17. The highest BCUT2D eigenvalue weighted by molar-refractivity contribution is 9.10. The topological polar surface area (TPSA) is 12.0 Å². The van der Waals surface area contributed by atoms with Gasteiger partial charge in [-0.3, -0.25) is 0 Å². The Morgan fingerprint density at radius 3 is 2.65 bits per heavy atom. The Bertz CT molecular complexity index is 588. The van der Waals surface area contributed by atoms with Crippen LogP contribution >= 0.6 is 27.7 Å². The van der Waals surface area contributed by atoms with E-state index >= 15 is 0 Å². The van der Waals surface area contributed by atoms with Crippen LogP contribution in [0.15, 0.2) is 51.8 Å². The first-order valence-electron chi connectivity index (χ1n) is 6.48. The lowest BCUT2D eigenvalue weighted by atomic mass is 9.98. The van der Waals surface area contributed by atoms with E-state index in [-0.39, 0.29) is 11.9 Å². The predicted molar refractivity (Wildman–Crippen MR) is 87.8 cm³/mol. The molecule has 1 N–H and O–H groups in total. The minimum absolute atomic E-state index is 0.0700. The van der Waals surface area contributed by atoms with Crippen LogP contribution in [0, 0.1) is 5.82 Å². The van der Waals surface area contributed by atoms with Gasteiger partial charge in [-0.1, -0.05) is 31.2 Å². The first kappa shape index (κ1) is 15.5. The van der Waals surface area contributed by atoms with Crippen LogP contribution in [-0.4, -0.2) is 12.8 Å². The maximum Gasteiger partial charge on any atom is 0.137 e. The lowest BCUT2D eigenvalue weighted by molar-refractivity contribution is 0.605. The standard InChI is InChI=1S/C16H17BrFNS/c1-3-19-16(11-8-9-14(18)13(17)10-11)12-6-4-5-7-15(12)20-2/h4-10,16,19H,3H2,1-2H3. The second-order valence-corrected chi connectivity index (χ2v) is 6.11. The number of benzene rings is 2. The van der Waals surface area contributed by atoms with Gasteiger partial charge in [0.25, 0.3) is 0 Å². The fourth-order valence-electron chi connectivity index (χ4n) is 2.21. The predicted octanol–water partition coefficient (Wildman–Crippen LogP) is 5.01. The van der Waals surface area contributed by atoms with Crippen LogP contribution in [0.5, 0.6) is 0 Å². The van der Waals surface area contributed by atoms with E-state index in [1.165, 1.54) is 16.5 Å². The molecule has 0 spiro atoms. The number of nitrogens with one attached hydrogen (secondary N) is 1. The van der Waals surface area contributed by atoms with Gasteiger partial charge >= 0.3 is 0 Å². The molecule has 2 rings (SSSR count). The van der Waals surface area contributed by atoms with Gasteiger partial charge in [-0.25, -0.2) is 4.39 Å². The van der Waals surface area contributed by atoms with Crippen molar-refractivity contribution in [2.45, 2.75) is 17.9 Å². The molecule has 0 amide bonds. The van der Waals surface area contributed by atoms with Crippen molar-refractivity contribution in [3.8, 4) is 0 Å². The van der Waals surface area contributed by atoms with Crippen LogP contribution in [0.1, 0.15) is 24.1 Å². The Kier molecular flexibility index (Phi) is 5.64. The number of rotatable bonds is 5. The zero-order valence-electron chi connectivity index (χ0n) is 11.5. The quantitative estimate of drug-likeness (QED) is 0.758. The Morgan fingerprint density at radius 1 is 1.25 bits per heavy atom. The molecule has 0 aliphatic heterocycles. The molecular weight excluding hydrogens is 337 g/mol. The van der Waals surface area contributed by atoms with Gasteiger partial charge in [0.2, 0.25) is 0 Å². The molecule has 1 unspecified atom stereocenters. The third kappa shape index (κ3) is 3.43. The molecule has 2 aromatic carbocycles. The van der Waals surface area contributed by atoms with E-state index in [4.69, 9.17) is 0 Å². The van der Waals surface area contributed by atoms with Crippen LogP contribution in [0.2, 0.25) is 0 Å². The molecule has 0 aromatic heterocycles. The molecule has 0 saturated carbocycles. The molecule has 1 atom stereocenters. The fraction of sp³-hybridized carbons (Fsp3) is 0.250. The zero-order valence-corrected chi connectivity index (χ0v) is 13.9. The Morgan fingerprint density at radius 2 is 2.00 bits per heavy atom. The summed E-state index contributed by atoms with van der Waals surface area (Å²) in [5.74, 6) is -0.234. The first-order valence-corrected chi connectivity index (χ1v) is 8.50. The second kappa shape index (κ2) is 7.25. The SMILES string of the molecule is CCNC(c1ccc(F)c(Br)c1)c1ccccc1SC. The Hall–Kier alpha value is -0.840.